The number of nitrogens with one attached hydrogen (secondary N) is 1. The van der Waals surface area contributed by atoms with Crippen molar-refractivity contribution in [3.05, 3.63) is 35.9 Å². The van der Waals surface area contributed by atoms with E-state index < -0.39 is 0 Å². The summed E-state index contributed by atoms with van der Waals surface area (Å²) in [4.78, 5) is 14.8. The number of benzene rings is 1. The zero-order valence-corrected chi connectivity index (χ0v) is 18.5. The molecule has 4 nitrogen and oxygen atoms in total. The smallest absolute Gasteiger partial charge is 0.225 e. The van der Waals surface area contributed by atoms with Gasteiger partial charge in [0, 0.05) is 31.7 Å². The van der Waals surface area contributed by atoms with Crippen LogP contribution in [-0.2, 0) is 9.53 Å². The van der Waals surface area contributed by atoms with Crippen LogP contribution in [0, 0.1) is 11.8 Å². The lowest BCUT2D eigenvalue weighted by Gasteiger charge is -2.41. The predicted octanol–water partition coefficient (Wildman–Crippen LogP) is 4.61. The molecule has 0 bridgehead atoms. The number of amides is 1. The average molecular weight is 417 g/mol. The third-order valence-electron chi connectivity index (χ3n) is 7.26. The van der Waals surface area contributed by atoms with E-state index in [9.17, 15) is 4.79 Å². The second-order valence-corrected chi connectivity index (χ2v) is 9.77. The first kappa shape index (κ1) is 21.2. The molecule has 0 spiro atoms. The Balaban J connectivity index is 1.26. The summed E-state index contributed by atoms with van der Waals surface area (Å²) in [5.74, 6) is 2.02. The second-order valence-electron chi connectivity index (χ2n) is 9.13. The maximum Gasteiger partial charge on any atom is 0.225 e. The van der Waals surface area contributed by atoms with E-state index in [1.807, 2.05) is 0 Å². The fourth-order valence-electron chi connectivity index (χ4n) is 5.13. The Bertz CT molecular complexity index is 644. The van der Waals surface area contributed by atoms with Gasteiger partial charge in [-0.2, -0.15) is 0 Å². The average Bonchev–Trinajstić information content (AvgIpc) is 2.73. The molecule has 1 saturated heterocycles. The van der Waals surface area contributed by atoms with Crippen molar-refractivity contribution in [1.29, 1.82) is 0 Å². The SMILES string of the molecule is CSNC1CCN(C(=O)C2CCC2)CC1OC[C@H]1CC[C@@H](c2ccccc2)CC1. The number of piperidine rings is 1. The molecule has 3 aliphatic rings. The molecule has 4 rings (SSSR count). The lowest BCUT2D eigenvalue weighted by Crippen LogP contribution is -2.55. The van der Waals surface area contributed by atoms with Crippen LogP contribution < -0.4 is 4.72 Å². The maximum absolute atomic E-state index is 12.7. The fourth-order valence-corrected chi connectivity index (χ4v) is 5.70. The largest absolute Gasteiger partial charge is 0.374 e. The molecule has 1 amide bonds. The van der Waals surface area contributed by atoms with Crippen molar-refractivity contribution >= 4 is 17.9 Å². The molecular formula is C24H36N2O2S. The van der Waals surface area contributed by atoms with Crippen molar-refractivity contribution < 1.29 is 9.53 Å². The van der Waals surface area contributed by atoms with Gasteiger partial charge in [-0.05, 0) is 68.6 Å². The summed E-state index contributed by atoms with van der Waals surface area (Å²) in [5.41, 5.74) is 1.49. The number of hydrogen-bond acceptors (Lipinski definition) is 4. The van der Waals surface area contributed by atoms with E-state index in [2.05, 4.69) is 46.2 Å². The molecule has 1 aromatic rings. The van der Waals surface area contributed by atoms with Crippen LogP contribution in [0.25, 0.3) is 0 Å². The third-order valence-corrected chi connectivity index (χ3v) is 7.80. The molecule has 0 radical (unpaired) electrons. The molecule has 2 unspecified atom stereocenters. The van der Waals surface area contributed by atoms with Crippen molar-refractivity contribution in [2.75, 3.05) is 26.0 Å². The molecule has 1 heterocycles. The van der Waals surface area contributed by atoms with Gasteiger partial charge < -0.3 is 9.64 Å². The Morgan fingerprint density at radius 3 is 2.52 bits per heavy atom. The molecule has 3 fully saturated rings. The highest BCUT2D eigenvalue weighted by Crippen LogP contribution is 2.36. The number of rotatable bonds is 7. The standard InChI is InChI=1S/C24H36N2O2S/c1-29-25-22-14-15-26(24(27)21-8-5-9-21)16-23(22)28-17-18-10-12-20(13-11-18)19-6-3-2-4-7-19/h2-4,6-7,18,20-23,25H,5,8-17H2,1H3/t18-,20+,22?,23?. The fraction of sp³-hybridized carbons (Fsp3) is 0.708. The molecule has 2 saturated carbocycles. The molecule has 0 aromatic heterocycles. The lowest BCUT2D eigenvalue weighted by atomic mass is 9.79. The van der Waals surface area contributed by atoms with Gasteiger partial charge in [-0.3, -0.25) is 9.52 Å². The molecule has 1 N–H and O–H groups in total. The van der Waals surface area contributed by atoms with E-state index in [0.717, 1.165) is 39.0 Å². The molecule has 2 atom stereocenters. The van der Waals surface area contributed by atoms with Gasteiger partial charge in [-0.15, -0.1) is 0 Å². The Hall–Kier alpha value is -1.04. The van der Waals surface area contributed by atoms with Crippen molar-refractivity contribution in [3.63, 3.8) is 0 Å². The van der Waals surface area contributed by atoms with E-state index in [1.54, 1.807) is 11.9 Å². The van der Waals surface area contributed by atoms with Gasteiger partial charge in [0.2, 0.25) is 5.91 Å². The number of hydrogen-bond donors (Lipinski definition) is 1. The first-order chi connectivity index (χ1) is 14.2. The van der Waals surface area contributed by atoms with Crippen LogP contribution in [0.3, 0.4) is 0 Å². The number of carbonyl (C=O) groups is 1. The van der Waals surface area contributed by atoms with Crippen molar-refractivity contribution in [2.24, 2.45) is 11.8 Å². The number of likely N-dealkylation sites (tertiary alicyclic amines) is 1. The highest BCUT2D eigenvalue weighted by Gasteiger charge is 2.36. The van der Waals surface area contributed by atoms with Crippen LogP contribution >= 0.6 is 11.9 Å². The first-order valence-electron chi connectivity index (χ1n) is 11.5. The normalized spacial score (nSPS) is 30.7. The molecular weight excluding hydrogens is 380 g/mol. The van der Waals surface area contributed by atoms with Crippen LogP contribution in [0.2, 0.25) is 0 Å². The lowest BCUT2D eigenvalue weighted by molar-refractivity contribution is -0.143. The third kappa shape index (κ3) is 5.36. The quantitative estimate of drug-likeness (QED) is 0.659. The number of carbonyl (C=O) groups excluding carboxylic acids is 1. The summed E-state index contributed by atoms with van der Waals surface area (Å²) < 4.78 is 9.99. The Labute approximate surface area is 180 Å². The molecule has 2 aliphatic carbocycles. The van der Waals surface area contributed by atoms with Crippen molar-refractivity contribution in [2.45, 2.75) is 69.4 Å². The van der Waals surface area contributed by atoms with Gasteiger partial charge in [0.25, 0.3) is 0 Å². The zero-order valence-electron chi connectivity index (χ0n) is 17.7. The summed E-state index contributed by atoms with van der Waals surface area (Å²) >= 11 is 1.67. The summed E-state index contributed by atoms with van der Waals surface area (Å²) in [7, 11) is 0. The van der Waals surface area contributed by atoms with Gasteiger partial charge >= 0.3 is 0 Å². The molecule has 29 heavy (non-hydrogen) atoms. The van der Waals surface area contributed by atoms with Crippen molar-refractivity contribution in [3.8, 4) is 0 Å². The summed E-state index contributed by atoms with van der Waals surface area (Å²) in [6.45, 7) is 2.47. The molecule has 5 heteroatoms. The summed E-state index contributed by atoms with van der Waals surface area (Å²) in [6.07, 6.45) is 11.6. The van der Waals surface area contributed by atoms with E-state index in [-0.39, 0.29) is 12.0 Å². The summed E-state index contributed by atoms with van der Waals surface area (Å²) in [5, 5.41) is 0. The second kappa shape index (κ2) is 10.3. The van der Waals surface area contributed by atoms with E-state index in [0.29, 0.717) is 23.8 Å². The van der Waals surface area contributed by atoms with Gasteiger partial charge in [-0.25, -0.2) is 0 Å². The minimum absolute atomic E-state index is 0.118. The van der Waals surface area contributed by atoms with E-state index >= 15 is 0 Å². The highest BCUT2D eigenvalue weighted by atomic mass is 32.2. The van der Waals surface area contributed by atoms with Gasteiger partial charge in [0.1, 0.15) is 0 Å². The zero-order chi connectivity index (χ0) is 20.1. The maximum atomic E-state index is 12.7. The number of nitrogens with zero attached hydrogens (tertiary/aromatic N) is 1. The van der Waals surface area contributed by atoms with E-state index in [4.69, 9.17) is 4.74 Å². The van der Waals surface area contributed by atoms with Crippen LogP contribution in [0.5, 0.6) is 0 Å². The molecule has 1 aliphatic heterocycles. The predicted molar refractivity (Wildman–Crippen MR) is 120 cm³/mol. The first-order valence-corrected chi connectivity index (χ1v) is 12.7. The monoisotopic (exact) mass is 416 g/mol. The van der Waals surface area contributed by atoms with Crippen LogP contribution in [0.15, 0.2) is 30.3 Å². The molecule has 1 aromatic carbocycles. The van der Waals surface area contributed by atoms with Gasteiger partial charge in [0.05, 0.1) is 6.10 Å². The highest BCUT2D eigenvalue weighted by molar-refractivity contribution is 7.96. The summed E-state index contributed by atoms with van der Waals surface area (Å²) in [6, 6.07) is 11.3. The van der Waals surface area contributed by atoms with Gasteiger partial charge in [-0.1, -0.05) is 48.7 Å². The number of ether oxygens (including phenoxy) is 1. The van der Waals surface area contributed by atoms with Gasteiger partial charge in [0.15, 0.2) is 0 Å². The van der Waals surface area contributed by atoms with Crippen LogP contribution in [0.1, 0.15) is 62.8 Å². The topological polar surface area (TPSA) is 41.6 Å². The minimum atomic E-state index is 0.118. The van der Waals surface area contributed by atoms with Crippen molar-refractivity contribution in [1.82, 2.24) is 9.62 Å². The Morgan fingerprint density at radius 1 is 1.10 bits per heavy atom. The van der Waals surface area contributed by atoms with E-state index in [1.165, 1.54) is 37.7 Å². The Kier molecular flexibility index (Phi) is 7.54. The van der Waals surface area contributed by atoms with Crippen LogP contribution in [-0.4, -0.2) is 48.9 Å². The Morgan fingerprint density at radius 2 is 1.86 bits per heavy atom. The van der Waals surface area contributed by atoms with Crippen LogP contribution in [0.4, 0.5) is 0 Å². The minimum Gasteiger partial charge on any atom is -0.374 e. The molecule has 160 valence electrons.